The SMILES string of the molecule is CCCCCN1CCC(COCc2ccc(F)cc2)C1. The van der Waals surface area contributed by atoms with Crippen molar-refractivity contribution >= 4 is 0 Å². The van der Waals surface area contributed by atoms with E-state index in [0.29, 0.717) is 12.5 Å². The Balaban J connectivity index is 1.59. The van der Waals surface area contributed by atoms with Crippen LogP contribution in [0.5, 0.6) is 0 Å². The van der Waals surface area contributed by atoms with Crippen molar-refractivity contribution in [1.29, 1.82) is 0 Å². The summed E-state index contributed by atoms with van der Waals surface area (Å²) < 4.78 is 18.5. The van der Waals surface area contributed by atoms with Crippen molar-refractivity contribution < 1.29 is 9.13 Å². The highest BCUT2D eigenvalue weighted by Crippen LogP contribution is 2.17. The van der Waals surface area contributed by atoms with Crippen molar-refractivity contribution in [1.82, 2.24) is 4.90 Å². The third-order valence-electron chi connectivity index (χ3n) is 3.98. The van der Waals surface area contributed by atoms with Crippen LogP contribution in [0.15, 0.2) is 24.3 Å². The molecule has 0 saturated carbocycles. The summed E-state index contributed by atoms with van der Waals surface area (Å²) in [6.07, 6.45) is 5.19. The number of hydrogen-bond donors (Lipinski definition) is 0. The second kappa shape index (κ2) is 8.38. The summed E-state index contributed by atoms with van der Waals surface area (Å²) in [5, 5.41) is 0. The highest BCUT2D eigenvalue weighted by molar-refractivity contribution is 5.14. The second-order valence-electron chi connectivity index (χ2n) is 5.80. The Hall–Kier alpha value is -0.930. The summed E-state index contributed by atoms with van der Waals surface area (Å²) in [5.41, 5.74) is 1.05. The molecule has 3 heteroatoms. The van der Waals surface area contributed by atoms with Gasteiger partial charge in [0.2, 0.25) is 0 Å². The van der Waals surface area contributed by atoms with Gasteiger partial charge in [-0.1, -0.05) is 31.9 Å². The molecule has 1 fully saturated rings. The first kappa shape index (κ1) is 15.5. The molecule has 1 aliphatic heterocycles. The molecule has 112 valence electrons. The van der Waals surface area contributed by atoms with E-state index in [0.717, 1.165) is 12.2 Å². The van der Waals surface area contributed by atoms with Gasteiger partial charge in [-0.3, -0.25) is 0 Å². The Labute approximate surface area is 121 Å². The van der Waals surface area contributed by atoms with Gasteiger partial charge in [-0.15, -0.1) is 0 Å². The van der Waals surface area contributed by atoms with Crippen LogP contribution in [-0.2, 0) is 11.3 Å². The van der Waals surface area contributed by atoms with E-state index in [4.69, 9.17) is 4.74 Å². The highest BCUT2D eigenvalue weighted by Gasteiger charge is 2.21. The highest BCUT2D eigenvalue weighted by atomic mass is 19.1. The maximum absolute atomic E-state index is 12.8. The van der Waals surface area contributed by atoms with Gasteiger partial charge in [0.1, 0.15) is 5.82 Å². The Morgan fingerprint density at radius 2 is 2.05 bits per heavy atom. The zero-order chi connectivity index (χ0) is 14.2. The van der Waals surface area contributed by atoms with Crippen LogP contribution in [0, 0.1) is 11.7 Å². The van der Waals surface area contributed by atoms with E-state index < -0.39 is 0 Å². The van der Waals surface area contributed by atoms with Gasteiger partial charge >= 0.3 is 0 Å². The fraction of sp³-hybridized carbons (Fsp3) is 0.647. The lowest BCUT2D eigenvalue weighted by atomic mass is 10.1. The third-order valence-corrected chi connectivity index (χ3v) is 3.98. The molecule has 0 bridgehead atoms. The summed E-state index contributed by atoms with van der Waals surface area (Å²) in [4.78, 5) is 2.56. The zero-order valence-corrected chi connectivity index (χ0v) is 12.5. The molecule has 1 atom stereocenters. The fourth-order valence-corrected chi connectivity index (χ4v) is 2.76. The van der Waals surface area contributed by atoms with Gasteiger partial charge in [-0.25, -0.2) is 4.39 Å². The summed E-state index contributed by atoms with van der Waals surface area (Å²) in [6, 6.07) is 6.57. The van der Waals surface area contributed by atoms with Gasteiger partial charge in [-0.2, -0.15) is 0 Å². The molecule has 1 aromatic rings. The Morgan fingerprint density at radius 3 is 2.80 bits per heavy atom. The number of halogens is 1. The van der Waals surface area contributed by atoms with Crippen LogP contribution < -0.4 is 0 Å². The normalized spacial score (nSPS) is 19.6. The predicted molar refractivity (Wildman–Crippen MR) is 80.1 cm³/mol. The van der Waals surface area contributed by atoms with Crippen molar-refractivity contribution in [3.8, 4) is 0 Å². The lowest BCUT2D eigenvalue weighted by Gasteiger charge is -2.15. The van der Waals surface area contributed by atoms with Crippen LogP contribution in [-0.4, -0.2) is 31.1 Å². The Morgan fingerprint density at radius 1 is 1.25 bits per heavy atom. The Kier molecular flexibility index (Phi) is 6.48. The second-order valence-corrected chi connectivity index (χ2v) is 5.80. The van der Waals surface area contributed by atoms with Crippen LogP contribution in [0.1, 0.15) is 38.2 Å². The van der Waals surface area contributed by atoms with E-state index in [1.54, 1.807) is 12.1 Å². The number of unbranched alkanes of at least 4 members (excludes halogenated alkanes) is 2. The van der Waals surface area contributed by atoms with Gasteiger partial charge in [0.15, 0.2) is 0 Å². The topological polar surface area (TPSA) is 12.5 Å². The van der Waals surface area contributed by atoms with Crippen molar-refractivity contribution in [2.24, 2.45) is 5.92 Å². The van der Waals surface area contributed by atoms with E-state index in [-0.39, 0.29) is 5.82 Å². The first-order valence-corrected chi connectivity index (χ1v) is 7.82. The molecule has 2 rings (SSSR count). The molecule has 0 N–H and O–H groups in total. The molecule has 0 spiro atoms. The van der Waals surface area contributed by atoms with Gasteiger partial charge in [0.25, 0.3) is 0 Å². The minimum absolute atomic E-state index is 0.188. The first-order chi connectivity index (χ1) is 9.78. The van der Waals surface area contributed by atoms with Gasteiger partial charge < -0.3 is 9.64 Å². The molecule has 0 radical (unpaired) electrons. The van der Waals surface area contributed by atoms with E-state index in [1.807, 2.05) is 0 Å². The predicted octanol–water partition coefficient (Wildman–Crippen LogP) is 3.85. The van der Waals surface area contributed by atoms with Gasteiger partial charge in [-0.05, 0) is 49.5 Å². The van der Waals surface area contributed by atoms with Crippen molar-refractivity contribution in [2.75, 3.05) is 26.2 Å². The van der Waals surface area contributed by atoms with Crippen LogP contribution in [0.25, 0.3) is 0 Å². The maximum Gasteiger partial charge on any atom is 0.123 e. The van der Waals surface area contributed by atoms with E-state index in [1.165, 1.54) is 57.5 Å². The minimum atomic E-state index is -0.188. The average Bonchev–Trinajstić information content (AvgIpc) is 2.89. The number of rotatable bonds is 8. The van der Waals surface area contributed by atoms with Crippen molar-refractivity contribution in [2.45, 2.75) is 39.2 Å². The zero-order valence-electron chi connectivity index (χ0n) is 12.5. The molecular weight excluding hydrogens is 253 g/mol. The van der Waals surface area contributed by atoms with Crippen LogP contribution in [0.4, 0.5) is 4.39 Å². The Bertz CT molecular complexity index is 379. The maximum atomic E-state index is 12.8. The number of nitrogens with zero attached hydrogens (tertiary/aromatic N) is 1. The van der Waals surface area contributed by atoms with Crippen LogP contribution in [0.3, 0.4) is 0 Å². The summed E-state index contributed by atoms with van der Waals surface area (Å²) >= 11 is 0. The van der Waals surface area contributed by atoms with Crippen molar-refractivity contribution in [3.63, 3.8) is 0 Å². The van der Waals surface area contributed by atoms with E-state index in [9.17, 15) is 4.39 Å². The quantitative estimate of drug-likeness (QED) is 0.670. The van der Waals surface area contributed by atoms with Crippen LogP contribution >= 0.6 is 0 Å². The third kappa shape index (κ3) is 5.22. The largest absolute Gasteiger partial charge is 0.376 e. The molecule has 0 aromatic heterocycles. The van der Waals surface area contributed by atoms with Crippen LogP contribution in [0.2, 0.25) is 0 Å². The van der Waals surface area contributed by atoms with E-state index >= 15 is 0 Å². The number of benzene rings is 1. The molecule has 1 aliphatic rings. The minimum Gasteiger partial charge on any atom is -0.376 e. The molecule has 1 heterocycles. The molecule has 1 aromatic carbocycles. The first-order valence-electron chi connectivity index (χ1n) is 7.82. The lowest BCUT2D eigenvalue weighted by Crippen LogP contribution is -2.23. The molecule has 0 aliphatic carbocycles. The summed E-state index contributed by atoms with van der Waals surface area (Å²) in [5.74, 6) is 0.476. The number of ether oxygens (including phenoxy) is 1. The molecule has 2 nitrogen and oxygen atoms in total. The standard InChI is InChI=1S/C17H26FNO/c1-2-3-4-10-19-11-9-16(12-19)14-20-13-15-5-7-17(18)8-6-15/h5-8,16H,2-4,9-14H2,1H3. The summed E-state index contributed by atoms with van der Waals surface area (Å²) in [6.45, 7) is 7.29. The number of likely N-dealkylation sites (tertiary alicyclic amines) is 1. The summed E-state index contributed by atoms with van der Waals surface area (Å²) in [7, 11) is 0. The van der Waals surface area contributed by atoms with Crippen molar-refractivity contribution in [3.05, 3.63) is 35.6 Å². The van der Waals surface area contributed by atoms with Gasteiger partial charge in [0, 0.05) is 6.54 Å². The fourth-order valence-electron chi connectivity index (χ4n) is 2.76. The smallest absolute Gasteiger partial charge is 0.123 e. The molecule has 20 heavy (non-hydrogen) atoms. The molecule has 0 amide bonds. The number of hydrogen-bond acceptors (Lipinski definition) is 2. The van der Waals surface area contributed by atoms with Gasteiger partial charge in [0.05, 0.1) is 13.2 Å². The van der Waals surface area contributed by atoms with E-state index in [2.05, 4.69) is 11.8 Å². The molecular formula is C17H26FNO. The molecule has 1 unspecified atom stereocenters. The monoisotopic (exact) mass is 279 g/mol. The molecule has 1 saturated heterocycles. The lowest BCUT2D eigenvalue weighted by molar-refractivity contribution is 0.0887. The average molecular weight is 279 g/mol.